The molecule has 5 aromatic rings. The summed E-state index contributed by atoms with van der Waals surface area (Å²) in [5, 5.41) is 9.85. The van der Waals surface area contributed by atoms with E-state index >= 15 is 0 Å². The van der Waals surface area contributed by atoms with Crippen LogP contribution in [0.4, 0.5) is 5.69 Å². The molecule has 2 nitrogen and oxygen atoms in total. The molecule has 5 rings (SSSR count). The van der Waals surface area contributed by atoms with Crippen molar-refractivity contribution in [3.63, 3.8) is 0 Å². The maximum absolute atomic E-state index is 4.44. The van der Waals surface area contributed by atoms with Gasteiger partial charge in [0.1, 0.15) is 0 Å². The molecule has 0 radical (unpaired) electrons. The van der Waals surface area contributed by atoms with Crippen molar-refractivity contribution in [2.75, 3.05) is 5.32 Å². The second-order valence-corrected chi connectivity index (χ2v) is 6.60. The molecule has 1 heterocycles. The van der Waals surface area contributed by atoms with Crippen molar-refractivity contribution in [3.8, 4) is 0 Å². The van der Waals surface area contributed by atoms with Crippen molar-refractivity contribution in [2.45, 2.75) is 6.54 Å². The molecule has 0 atom stereocenters. The molecule has 0 aliphatic rings. The van der Waals surface area contributed by atoms with Gasteiger partial charge in [0.15, 0.2) is 0 Å². The van der Waals surface area contributed by atoms with Gasteiger partial charge in [-0.15, -0.1) is 0 Å². The van der Waals surface area contributed by atoms with Crippen LogP contribution in [0.15, 0.2) is 91.1 Å². The van der Waals surface area contributed by atoms with Crippen molar-refractivity contribution >= 4 is 38.1 Å². The van der Waals surface area contributed by atoms with Crippen molar-refractivity contribution in [3.05, 3.63) is 96.7 Å². The van der Waals surface area contributed by atoms with Crippen LogP contribution in [0, 0.1) is 0 Å². The van der Waals surface area contributed by atoms with Gasteiger partial charge in [0, 0.05) is 23.8 Å². The van der Waals surface area contributed by atoms with E-state index < -0.39 is 0 Å². The van der Waals surface area contributed by atoms with Gasteiger partial charge in [-0.05, 0) is 63.5 Å². The Labute approximate surface area is 152 Å². The zero-order chi connectivity index (χ0) is 17.3. The molecular formula is C24H18N2. The number of pyridine rings is 1. The lowest BCUT2D eigenvalue weighted by molar-refractivity contribution is 1.16. The maximum atomic E-state index is 4.44. The molecule has 0 bridgehead atoms. The number of fused-ring (bicyclic) bond motifs is 3. The minimum atomic E-state index is 0.780. The number of rotatable bonds is 3. The standard InChI is InChI=1S/C24H18N2/c1-2-6-18-14-21-15-22(10-9-19(21)13-17(18)5-1)26-16-20-11-12-25-24-8-4-3-7-23(20)24/h1-15,26H,16H2. The average molecular weight is 334 g/mol. The first-order chi connectivity index (χ1) is 12.9. The maximum Gasteiger partial charge on any atom is 0.0705 e. The highest BCUT2D eigenvalue weighted by Gasteiger charge is 2.03. The molecule has 26 heavy (non-hydrogen) atoms. The monoisotopic (exact) mass is 334 g/mol. The molecule has 0 aliphatic carbocycles. The van der Waals surface area contributed by atoms with Crippen LogP contribution in [-0.2, 0) is 6.54 Å². The smallest absolute Gasteiger partial charge is 0.0705 e. The van der Waals surface area contributed by atoms with Crippen molar-refractivity contribution in [1.82, 2.24) is 4.98 Å². The Morgan fingerprint density at radius 1 is 0.654 bits per heavy atom. The lowest BCUT2D eigenvalue weighted by atomic mass is 10.0. The van der Waals surface area contributed by atoms with E-state index in [9.17, 15) is 0 Å². The van der Waals surface area contributed by atoms with Gasteiger partial charge in [0.25, 0.3) is 0 Å². The van der Waals surface area contributed by atoms with Crippen LogP contribution in [0.5, 0.6) is 0 Å². The Morgan fingerprint density at radius 2 is 1.38 bits per heavy atom. The Morgan fingerprint density at radius 3 is 2.27 bits per heavy atom. The average Bonchev–Trinajstić information content (AvgIpc) is 2.70. The predicted molar refractivity (Wildman–Crippen MR) is 111 cm³/mol. The highest BCUT2D eigenvalue weighted by atomic mass is 14.9. The number of hydrogen-bond acceptors (Lipinski definition) is 2. The van der Waals surface area contributed by atoms with Crippen molar-refractivity contribution in [2.24, 2.45) is 0 Å². The van der Waals surface area contributed by atoms with Crippen molar-refractivity contribution in [1.29, 1.82) is 0 Å². The third-order valence-corrected chi connectivity index (χ3v) is 4.93. The van der Waals surface area contributed by atoms with E-state index in [-0.39, 0.29) is 0 Å². The molecule has 0 spiro atoms. The molecule has 124 valence electrons. The van der Waals surface area contributed by atoms with Crippen LogP contribution in [0.3, 0.4) is 0 Å². The lowest BCUT2D eigenvalue weighted by Gasteiger charge is -2.10. The Bertz CT molecular complexity index is 1240. The van der Waals surface area contributed by atoms with Crippen LogP contribution in [0.2, 0.25) is 0 Å². The predicted octanol–water partition coefficient (Wildman–Crippen LogP) is 6.15. The molecule has 1 aromatic heterocycles. The topological polar surface area (TPSA) is 24.9 Å². The molecule has 1 N–H and O–H groups in total. The minimum Gasteiger partial charge on any atom is -0.381 e. The molecule has 0 saturated heterocycles. The number of anilines is 1. The molecule has 4 aromatic carbocycles. The van der Waals surface area contributed by atoms with Gasteiger partial charge in [-0.1, -0.05) is 48.5 Å². The number of nitrogens with zero attached hydrogens (tertiary/aromatic N) is 1. The first-order valence-corrected chi connectivity index (χ1v) is 8.86. The first kappa shape index (κ1) is 14.9. The van der Waals surface area contributed by atoms with Gasteiger partial charge in [-0.25, -0.2) is 0 Å². The number of hydrogen-bond donors (Lipinski definition) is 1. The molecule has 0 fully saturated rings. The fraction of sp³-hybridized carbons (Fsp3) is 0.0417. The van der Waals surface area contributed by atoms with E-state index in [4.69, 9.17) is 0 Å². The minimum absolute atomic E-state index is 0.780. The number of benzene rings is 4. The summed E-state index contributed by atoms with van der Waals surface area (Å²) in [6, 6.07) is 30.0. The second-order valence-electron chi connectivity index (χ2n) is 6.60. The first-order valence-electron chi connectivity index (χ1n) is 8.86. The Balaban J connectivity index is 1.48. The molecule has 0 unspecified atom stereocenters. The van der Waals surface area contributed by atoms with Crippen LogP contribution in [0.1, 0.15) is 5.56 Å². The van der Waals surface area contributed by atoms with Gasteiger partial charge >= 0.3 is 0 Å². The van der Waals surface area contributed by atoms with Crippen LogP contribution < -0.4 is 5.32 Å². The highest BCUT2D eigenvalue weighted by molar-refractivity contribution is 5.99. The summed E-state index contributed by atoms with van der Waals surface area (Å²) in [6.07, 6.45) is 1.88. The molecule has 2 heteroatoms. The van der Waals surface area contributed by atoms with Crippen molar-refractivity contribution < 1.29 is 0 Å². The van der Waals surface area contributed by atoms with E-state index in [0.29, 0.717) is 0 Å². The summed E-state index contributed by atoms with van der Waals surface area (Å²) in [7, 11) is 0. The molecular weight excluding hydrogens is 316 g/mol. The summed E-state index contributed by atoms with van der Waals surface area (Å²) in [5.74, 6) is 0. The zero-order valence-electron chi connectivity index (χ0n) is 14.3. The van der Waals surface area contributed by atoms with Gasteiger partial charge in [-0.2, -0.15) is 0 Å². The van der Waals surface area contributed by atoms with Crippen LogP contribution in [-0.4, -0.2) is 4.98 Å². The SMILES string of the molecule is c1ccc2cc3cc(NCc4ccnc5ccccc45)ccc3cc2c1. The lowest BCUT2D eigenvalue weighted by Crippen LogP contribution is -2.00. The Kier molecular flexibility index (Phi) is 3.53. The normalized spacial score (nSPS) is 11.2. The summed E-state index contributed by atoms with van der Waals surface area (Å²) in [6.45, 7) is 0.780. The van der Waals surface area contributed by atoms with Crippen LogP contribution in [0.25, 0.3) is 32.4 Å². The number of para-hydroxylation sites is 1. The zero-order valence-corrected chi connectivity index (χ0v) is 14.3. The largest absolute Gasteiger partial charge is 0.381 e. The summed E-state index contributed by atoms with van der Waals surface area (Å²) >= 11 is 0. The van der Waals surface area contributed by atoms with E-state index in [1.165, 1.54) is 32.5 Å². The third kappa shape index (κ3) is 2.66. The molecule has 0 saturated carbocycles. The van der Waals surface area contributed by atoms with Gasteiger partial charge in [0.05, 0.1) is 5.52 Å². The molecule has 0 aliphatic heterocycles. The summed E-state index contributed by atoms with van der Waals surface area (Å²) in [5.41, 5.74) is 3.43. The highest BCUT2D eigenvalue weighted by Crippen LogP contribution is 2.26. The van der Waals surface area contributed by atoms with Gasteiger partial charge in [-0.3, -0.25) is 4.98 Å². The van der Waals surface area contributed by atoms with Gasteiger partial charge in [0.2, 0.25) is 0 Å². The Hall–Kier alpha value is -3.39. The number of aromatic nitrogens is 1. The fourth-order valence-corrected chi connectivity index (χ4v) is 3.56. The van der Waals surface area contributed by atoms with E-state index in [2.05, 4.69) is 89.2 Å². The fourth-order valence-electron chi connectivity index (χ4n) is 3.56. The third-order valence-electron chi connectivity index (χ3n) is 4.93. The van der Waals surface area contributed by atoms with E-state index in [1.54, 1.807) is 0 Å². The van der Waals surface area contributed by atoms with E-state index in [0.717, 1.165) is 17.7 Å². The van der Waals surface area contributed by atoms with Crippen LogP contribution >= 0.6 is 0 Å². The quantitative estimate of drug-likeness (QED) is 0.400. The summed E-state index contributed by atoms with van der Waals surface area (Å²) in [4.78, 5) is 4.44. The summed E-state index contributed by atoms with van der Waals surface area (Å²) < 4.78 is 0. The molecule has 0 amide bonds. The number of nitrogens with one attached hydrogen (secondary N) is 1. The second kappa shape index (κ2) is 6.16. The van der Waals surface area contributed by atoms with E-state index in [1.807, 2.05) is 12.3 Å². The van der Waals surface area contributed by atoms with Gasteiger partial charge < -0.3 is 5.32 Å².